The monoisotopic (exact) mass is 414 g/mol. The summed E-state index contributed by atoms with van der Waals surface area (Å²) in [6.45, 7) is 2.24. The number of benzene rings is 1. The Labute approximate surface area is 165 Å². The van der Waals surface area contributed by atoms with Crippen molar-refractivity contribution in [3.63, 3.8) is 0 Å². The lowest BCUT2D eigenvalue weighted by molar-refractivity contribution is -0.367. The number of nitrogens with one attached hydrogen (secondary N) is 1. The molecule has 0 unspecified atom stereocenters. The average molecular weight is 415 g/mol. The molecule has 1 aromatic heterocycles. The summed E-state index contributed by atoms with van der Waals surface area (Å²) >= 11 is 6.05. The van der Waals surface area contributed by atoms with Crippen LogP contribution in [0.3, 0.4) is 0 Å². The average Bonchev–Trinajstić information content (AvgIpc) is 2.67. The van der Waals surface area contributed by atoms with Gasteiger partial charge in [0.15, 0.2) is 0 Å². The van der Waals surface area contributed by atoms with Crippen LogP contribution < -0.4 is 9.88 Å². The molecule has 28 heavy (non-hydrogen) atoms. The Morgan fingerprint density at radius 2 is 1.93 bits per heavy atom. The van der Waals surface area contributed by atoms with Crippen molar-refractivity contribution < 1.29 is 27.7 Å². The van der Waals surface area contributed by atoms with Crippen LogP contribution in [0.15, 0.2) is 36.5 Å². The van der Waals surface area contributed by atoms with Crippen LogP contribution in [0.25, 0.3) is 0 Å². The van der Waals surface area contributed by atoms with Crippen molar-refractivity contribution in [3.8, 4) is 0 Å². The van der Waals surface area contributed by atoms with E-state index in [0.29, 0.717) is 44.2 Å². The van der Waals surface area contributed by atoms with E-state index < -0.39 is 11.7 Å². The highest BCUT2D eigenvalue weighted by atomic mass is 35.5. The predicted molar refractivity (Wildman–Crippen MR) is 98.3 cm³/mol. The Bertz CT molecular complexity index is 853. The lowest BCUT2D eigenvalue weighted by atomic mass is 10.1. The Morgan fingerprint density at radius 1 is 1.21 bits per heavy atom. The smallest absolute Gasteiger partial charge is 0.380 e. The maximum absolute atomic E-state index is 12.8. The number of halogens is 4. The molecule has 0 radical (unpaired) electrons. The topological polar surface area (TPSA) is 46.9 Å². The number of pyridine rings is 1. The number of piperazine rings is 1. The zero-order valence-corrected chi connectivity index (χ0v) is 16.0. The molecule has 2 aromatic rings. The van der Waals surface area contributed by atoms with Crippen LogP contribution in [0.4, 0.5) is 19.0 Å². The third-order valence-corrected chi connectivity index (χ3v) is 4.86. The number of ether oxygens (including phenoxy) is 1. The number of hydrogen-bond acceptors (Lipinski definition) is 3. The Balaban J connectivity index is 1.66. The van der Waals surface area contributed by atoms with Crippen LogP contribution in [0.5, 0.6) is 0 Å². The Morgan fingerprint density at radius 3 is 2.54 bits per heavy atom. The number of aromatic amines is 1. The fraction of sp³-hybridized carbons (Fsp3) is 0.368. The van der Waals surface area contributed by atoms with E-state index in [2.05, 4.69) is 4.98 Å². The van der Waals surface area contributed by atoms with Gasteiger partial charge in [-0.15, -0.1) is 0 Å². The molecular formula is C19H20ClF3N3O2+. The zero-order valence-electron chi connectivity index (χ0n) is 15.2. The van der Waals surface area contributed by atoms with Crippen molar-refractivity contribution in [1.82, 2.24) is 4.90 Å². The summed E-state index contributed by atoms with van der Waals surface area (Å²) in [4.78, 5) is 18.9. The van der Waals surface area contributed by atoms with Crippen molar-refractivity contribution >= 4 is 23.3 Å². The largest absolute Gasteiger partial charge is 0.419 e. The molecule has 2 heterocycles. The van der Waals surface area contributed by atoms with E-state index in [0.717, 1.165) is 17.8 Å². The first-order chi connectivity index (χ1) is 13.3. The SMILES string of the molecule is COCc1cccc(C(=O)N2CCN(c3[nH+]cc(C(F)(F)F)cc3Cl)CC2)c1. The van der Waals surface area contributed by atoms with E-state index >= 15 is 0 Å². The molecule has 5 nitrogen and oxygen atoms in total. The lowest BCUT2D eigenvalue weighted by Crippen LogP contribution is -2.50. The summed E-state index contributed by atoms with van der Waals surface area (Å²) in [6.07, 6.45) is -3.55. The minimum atomic E-state index is -4.46. The van der Waals surface area contributed by atoms with E-state index in [4.69, 9.17) is 16.3 Å². The van der Waals surface area contributed by atoms with Crippen molar-refractivity contribution in [2.75, 3.05) is 38.2 Å². The fourth-order valence-corrected chi connectivity index (χ4v) is 3.44. The predicted octanol–water partition coefficient (Wildman–Crippen LogP) is 3.28. The first-order valence-electron chi connectivity index (χ1n) is 8.70. The van der Waals surface area contributed by atoms with Gasteiger partial charge in [-0.05, 0) is 23.8 Å². The number of anilines is 1. The normalized spacial score (nSPS) is 15.0. The first-order valence-corrected chi connectivity index (χ1v) is 9.08. The number of aromatic nitrogens is 1. The number of amides is 1. The van der Waals surface area contributed by atoms with Crippen LogP contribution in [-0.2, 0) is 17.5 Å². The van der Waals surface area contributed by atoms with Crippen LogP contribution in [0.2, 0.25) is 5.02 Å². The van der Waals surface area contributed by atoms with E-state index in [1.54, 1.807) is 24.1 Å². The lowest BCUT2D eigenvalue weighted by Gasteiger charge is -2.31. The van der Waals surface area contributed by atoms with Crippen LogP contribution in [-0.4, -0.2) is 44.1 Å². The van der Waals surface area contributed by atoms with E-state index in [9.17, 15) is 18.0 Å². The van der Waals surface area contributed by atoms with Crippen LogP contribution >= 0.6 is 11.6 Å². The fourth-order valence-electron chi connectivity index (χ4n) is 3.14. The molecule has 1 aliphatic heterocycles. The third-order valence-electron chi connectivity index (χ3n) is 4.57. The van der Waals surface area contributed by atoms with Crippen molar-refractivity contribution in [2.24, 2.45) is 0 Å². The number of carbonyl (C=O) groups excluding carboxylic acids is 1. The standard InChI is InChI=1S/C19H19ClF3N3O2/c1-28-12-13-3-2-4-14(9-13)18(27)26-7-5-25(6-8-26)17-16(20)10-15(11-24-17)19(21,22)23/h2-4,9-11H,5-8,12H2,1H3/p+1. The summed E-state index contributed by atoms with van der Waals surface area (Å²) in [5.74, 6) is 0.337. The van der Waals surface area contributed by atoms with E-state index in [1.807, 2.05) is 17.0 Å². The number of hydrogen-bond donors (Lipinski definition) is 0. The zero-order chi connectivity index (χ0) is 20.3. The summed E-state index contributed by atoms with van der Waals surface area (Å²) < 4.78 is 43.4. The molecule has 150 valence electrons. The molecule has 1 aliphatic rings. The molecule has 1 fully saturated rings. The molecule has 0 bridgehead atoms. The first kappa shape index (κ1) is 20.4. The highest BCUT2D eigenvalue weighted by Crippen LogP contribution is 2.32. The number of nitrogens with zero attached hydrogens (tertiary/aromatic N) is 2. The third kappa shape index (κ3) is 4.56. The molecule has 0 aliphatic carbocycles. The molecule has 0 saturated carbocycles. The second-order valence-corrected chi connectivity index (χ2v) is 6.90. The molecule has 0 spiro atoms. The molecule has 1 amide bonds. The van der Waals surface area contributed by atoms with Crippen LogP contribution in [0.1, 0.15) is 21.5 Å². The summed E-state index contributed by atoms with van der Waals surface area (Å²) in [5.41, 5.74) is 0.672. The molecular weight excluding hydrogens is 395 g/mol. The number of alkyl halides is 3. The number of H-pyrrole nitrogens is 1. The highest BCUT2D eigenvalue weighted by molar-refractivity contribution is 6.32. The van der Waals surface area contributed by atoms with Gasteiger partial charge in [0, 0.05) is 12.7 Å². The summed E-state index contributed by atoms with van der Waals surface area (Å²) in [6, 6.07) is 8.18. The molecule has 1 N–H and O–H groups in total. The minimum absolute atomic E-state index is 0.00173. The van der Waals surface area contributed by atoms with E-state index in [1.165, 1.54) is 0 Å². The van der Waals surface area contributed by atoms with Gasteiger partial charge >= 0.3 is 6.18 Å². The number of rotatable bonds is 4. The second kappa shape index (κ2) is 8.36. The number of carbonyl (C=O) groups is 1. The van der Waals surface area contributed by atoms with Crippen molar-refractivity contribution in [2.45, 2.75) is 12.8 Å². The van der Waals surface area contributed by atoms with Gasteiger partial charge in [-0.3, -0.25) is 9.69 Å². The minimum Gasteiger partial charge on any atom is -0.380 e. The molecule has 3 rings (SSSR count). The van der Waals surface area contributed by atoms with Gasteiger partial charge in [-0.1, -0.05) is 23.7 Å². The molecule has 1 saturated heterocycles. The Hall–Kier alpha value is -2.32. The number of methoxy groups -OCH3 is 1. The van der Waals surface area contributed by atoms with Gasteiger partial charge < -0.3 is 9.64 Å². The van der Waals surface area contributed by atoms with E-state index in [-0.39, 0.29) is 10.9 Å². The maximum atomic E-state index is 12.8. The Kier molecular flexibility index (Phi) is 6.10. The van der Waals surface area contributed by atoms with Crippen molar-refractivity contribution in [3.05, 3.63) is 58.2 Å². The second-order valence-electron chi connectivity index (χ2n) is 6.50. The quantitative estimate of drug-likeness (QED) is 0.771. The van der Waals surface area contributed by atoms with Gasteiger partial charge in [0.1, 0.15) is 24.3 Å². The molecule has 0 atom stereocenters. The highest BCUT2D eigenvalue weighted by Gasteiger charge is 2.34. The molecule has 9 heteroatoms. The summed E-state index contributed by atoms with van der Waals surface area (Å²) in [7, 11) is 1.59. The van der Waals surface area contributed by atoms with Crippen LogP contribution in [0, 0.1) is 0 Å². The molecule has 1 aromatic carbocycles. The van der Waals surface area contributed by atoms with Gasteiger partial charge in [0.25, 0.3) is 11.7 Å². The van der Waals surface area contributed by atoms with Gasteiger partial charge in [0.2, 0.25) is 0 Å². The van der Waals surface area contributed by atoms with Gasteiger partial charge in [-0.25, -0.2) is 4.98 Å². The maximum Gasteiger partial charge on any atom is 0.419 e. The van der Waals surface area contributed by atoms with Gasteiger partial charge in [-0.2, -0.15) is 13.2 Å². The summed E-state index contributed by atoms with van der Waals surface area (Å²) in [5, 5.41) is 0.00173. The van der Waals surface area contributed by atoms with Gasteiger partial charge in [0.05, 0.1) is 25.3 Å². The van der Waals surface area contributed by atoms with Crippen molar-refractivity contribution in [1.29, 1.82) is 0 Å².